The number of ether oxygens (including phenoxy) is 1. The summed E-state index contributed by atoms with van der Waals surface area (Å²) >= 11 is 0. The lowest BCUT2D eigenvalue weighted by atomic mass is 10.1. The van der Waals surface area contributed by atoms with Gasteiger partial charge in [0.1, 0.15) is 0 Å². The fraction of sp³-hybridized carbons (Fsp3) is 0.556. The molecular formula is C18H31IN4O2. The van der Waals surface area contributed by atoms with E-state index in [-0.39, 0.29) is 29.9 Å². The van der Waals surface area contributed by atoms with Gasteiger partial charge in [0.05, 0.1) is 0 Å². The van der Waals surface area contributed by atoms with Gasteiger partial charge in [0.2, 0.25) is 0 Å². The van der Waals surface area contributed by atoms with Crippen LogP contribution in [0.25, 0.3) is 0 Å². The Morgan fingerprint density at radius 1 is 1.12 bits per heavy atom. The van der Waals surface area contributed by atoms with Crippen LogP contribution in [0.3, 0.4) is 0 Å². The Morgan fingerprint density at radius 2 is 1.80 bits per heavy atom. The Balaban J connectivity index is 0.00000576. The summed E-state index contributed by atoms with van der Waals surface area (Å²) in [4.78, 5) is 17.6. The molecule has 0 aromatic heterocycles. The number of hydrogen-bond acceptors (Lipinski definition) is 3. The zero-order valence-corrected chi connectivity index (χ0v) is 18.0. The fourth-order valence-electron chi connectivity index (χ4n) is 2.18. The van der Waals surface area contributed by atoms with Crippen LogP contribution in [0.5, 0.6) is 0 Å². The maximum Gasteiger partial charge on any atom is 0.253 e. The number of unbranched alkanes of at least 4 members (excludes halogenated alkanes) is 2. The maximum absolute atomic E-state index is 11.9. The average molecular weight is 462 g/mol. The van der Waals surface area contributed by atoms with Crippen LogP contribution in [0.4, 0.5) is 0 Å². The third-order valence-corrected chi connectivity index (χ3v) is 3.61. The van der Waals surface area contributed by atoms with Crippen LogP contribution in [0.2, 0.25) is 0 Å². The summed E-state index contributed by atoms with van der Waals surface area (Å²) in [5, 5.41) is 6.58. The number of aliphatic imine (C=N–C) groups is 1. The Morgan fingerprint density at radius 3 is 2.36 bits per heavy atom. The summed E-state index contributed by atoms with van der Waals surface area (Å²) in [5.74, 6) is 0.802. The van der Waals surface area contributed by atoms with E-state index in [0.29, 0.717) is 12.1 Å². The molecular weight excluding hydrogens is 431 g/mol. The molecule has 0 saturated heterocycles. The van der Waals surface area contributed by atoms with Gasteiger partial charge in [0, 0.05) is 53.5 Å². The molecule has 0 heterocycles. The van der Waals surface area contributed by atoms with Gasteiger partial charge in [-0.1, -0.05) is 12.1 Å². The molecule has 0 spiro atoms. The number of nitrogens with one attached hydrogen (secondary N) is 2. The van der Waals surface area contributed by atoms with E-state index >= 15 is 0 Å². The summed E-state index contributed by atoms with van der Waals surface area (Å²) in [6, 6.07) is 7.63. The largest absolute Gasteiger partial charge is 0.385 e. The van der Waals surface area contributed by atoms with Crippen molar-refractivity contribution in [1.82, 2.24) is 15.5 Å². The van der Waals surface area contributed by atoms with Crippen LogP contribution >= 0.6 is 24.0 Å². The highest BCUT2D eigenvalue weighted by Gasteiger charge is 2.07. The van der Waals surface area contributed by atoms with Gasteiger partial charge in [-0.05, 0) is 37.0 Å². The number of halogens is 1. The molecule has 0 saturated carbocycles. The zero-order chi connectivity index (χ0) is 17.8. The van der Waals surface area contributed by atoms with Crippen molar-refractivity contribution in [3.8, 4) is 0 Å². The Hall–Kier alpha value is -1.35. The number of benzene rings is 1. The molecule has 2 N–H and O–H groups in total. The highest BCUT2D eigenvalue weighted by Crippen LogP contribution is 2.06. The number of hydrogen-bond donors (Lipinski definition) is 2. The summed E-state index contributed by atoms with van der Waals surface area (Å²) in [7, 11) is 7.00. The first-order chi connectivity index (χ1) is 11.6. The molecule has 142 valence electrons. The van der Waals surface area contributed by atoms with Crippen molar-refractivity contribution >= 4 is 35.8 Å². The van der Waals surface area contributed by atoms with Crippen LogP contribution in [-0.2, 0) is 11.3 Å². The van der Waals surface area contributed by atoms with E-state index in [4.69, 9.17) is 4.74 Å². The molecule has 0 radical (unpaired) electrons. The molecule has 25 heavy (non-hydrogen) atoms. The fourth-order valence-corrected chi connectivity index (χ4v) is 2.18. The van der Waals surface area contributed by atoms with Gasteiger partial charge in [-0.15, -0.1) is 24.0 Å². The summed E-state index contributed by atoms with van der Waals surface area (Å²) in [6.07, 6.45) is 3.31. The first-order valence-electron chi connectivity index (χ1n) is 8.32. The van der Waals surface area contributed by atoms with Gasteiger partial charge in [0.15, 0.2) is 5.96 Å². The first kappa shape index (κ1) is 23.6. The molecule has 0 atom stereocenters. The number of carbonyl (C=O) groups is 1. The predicted octanol–water partition coefficient (Wildman–Crippen LogP) is 2.49. The first-order valence-corrected chi connectivity index (χ1v) is 8.32. The van der Waals surface area contributed by atoms with Crippen molar-refractivity contribution < 1.29 is 9.53 Å². The number of rotatable bonds is 9. The van der Waals surface area contributed by atoms with E-state index in [1.54, 1.807) is 33.2 Å². The number of carbonyl (C=O) groups excluding carboxylic acids is 1. The van der Waals surface area contributed by atoms with Crippen molar-refractivity contribution in [2.75, 3.05) is 41.4 Å². The molecule has 0 aliphatic heterocycles. The van der Waals surface area contributed by atoms with Gasteiger partial charge in [-0.25, -0.2) is 0 Å². The Kier molecular flexibility index (Phi) is 13.1. The van der Waals surface area contributed by atoms with Gasteiger partial charge < -0.3 is 20.3 Å². The van der Waals surface area contributed by atoms with Crippen molar-refractivity contribution in [3.05, 3.63) is 35.4 Å². The van der Waals surface area contributed by atoms with Gasteiger partial charge in [-0.2, -0.15) is 0 Å². The molecule has 1 rings (SSSR count). The normalized spacial score (nSPS) is 10.8. The third kappa shape index (κ3) is 9.64. The summed E-state index contributed by atoms with van der Waals surface area (Å²) in [5.41, 5.74) is 1.80. The molecule has 0 unspecified atom stereocenters. The van der Waals surface area contributed by atoms with E-state index in [9.17, 15) is 4.79 Å². The Labute approximate surface area is 168 Å². The second-order valence-electron chi connectivity index (χ2n) is 5.80. The lowest BCUT2D eigenvalue weighted by Gasteiger charge is -2.13. The quantitative estimate of drug-likeness (QED) is 0.256. The topological polar surface area (TPSA) is 66.0 Å². The van der Waals surface area contributed by atoms with Crippen LogP contribution in [0, 0.1) is 0 Å². The number of methoxy groups -OCH3 is 1. The van der Waals surface area contributed by atoms with Gasteiger partial charge in [0.25, 0.3) is 5.91 Å². The average Bonchev–Trinajstić information content (AvgIpc) is 2.60. The highest BCUT2D eigenvalue weighted by atomic mass is 127. The smallest absolute Gasteiger partial charge is 0.253 e. The van der Waals surface area contributed by atoms with Gasteiger partial charge >= 0.3 is 0 Å². The monoisotopic (exact) mass is 462 g/mol. The van der Waals surface area contributed by atoms with E-state index in [1.807, 2.05) is 24.3 Å². The summed E-state index contributed by atoms with van der Waals surface area (Å²) < 4.78 is 5.03. The summed E-state index contributed by atoms with van der Waals surface area (Å²) in [6.45, 7) is 2.37. The molecule has 1 amide bonds. The SMILES string of the molecule is CN=C(NCCCCCOC)NCc1ccc(C(=O)N(C)C)cc1.I. The second-order valence-corrected chi connectivity index (χ2v) is 5.80. The van der Waals surface area contributed by atoms with Crippen molar-refractivity contribution in [1.29, 1.82) is 0 Å². The minimum absolute atomic E-state index is 0. The second kappa shape index (κ2) is 13.9. The molecule has 7 heteroatoms. The Bertz CT molecular complexity index is 518. The molecule has 0 bridgehead atoms. The van der Waals surface area contributed by atoms with E-state index in [0.717, 1.165) is 43.9 Å². The highest BCUT2D eigenvalue weighted by molar-refractivity contribution is 14.0. The van der Waals surface area contributed by atoms with E-state index in [1.165, 1.54) is 0 Å². The van der Waals surface area contributed by atoms with E-state index < -0.39 is 0 Å². The van der Waals surface area contributed by atoms with Crippen molar-refractivity contribution in [3.63, 3.8) is 0 Å². The maximum atomic E-state index is 11.9. The van der Waals surface area contributed by atoms with Crippen LogP contribution in [-0.4, -0.2) is 58.2 Å². The minimum atomic E-state index is 0. The molecule has 0 fully saturated rings. The van der Waals surface area contributed by atoms with Gasteiger partial charge in [-0.3, -0.25) is 9.79 Å². The third-order valence-electron chi connectivity index (χ3n) is 3.61. The standard InChI is InChI=1S/C18H30N4O2.HI/c1-19-18(20-12-6-5-7-13-24-4)21-14-15-8-10-16(11-9-15)17(23)22(2)3;/h8-11H,5-7,12-14H2,1-4H3,(H2,19,20,21);1H. The number of guanidine groups is 1. The lowest BCUT2D eigenvalue weighted by molar-refractivity contribution is 0.0827. The van der Waals surface area contributed by atoms with Crippen LogP contribution in [0.1, 0.15) is 35.2 Å². The number of nitrogens with zero attached hydrogens (tertiary/aromatic N) is 2. The molecule has 0 aliphatic carbocycles. The molecule has 0 aliphatic rings. The predicted molar refractivity (Wildman–Crippen MR) is 114 cm³/mol. The zero-order valence-electron chi connectivity index (χ0n) is 15.7. The lowest BCUT2D eigenvalue weighted by Crippen LogP contribution is -2.37. The van der Waals surface area contributed by atoms with Crippen LogP contribution in [0.15, 0.2) is 29.3 Å². The van der Waals surface area contributed by atoms with E-state index in [2.05, 4.69) is 15.6 Å². The molecule has 1 aromatic rings. The van der Waals surface area contributed by atoms with Crippen LogP contribution < -0.4 is 10.6 Å². The van der Waals surface area contributed by atoms with Crippen molar-refractivity contribution in [2.45, 2.75) is 25.8 Å². The van der Waals surface area contributed by atoms with Crippen molar-refractivity contribution in [2.24, 2.45) is 4.99 Å². The number of amides is 1. The molecule has 1 aromatic carbocycles. The molecule has 6 nitrogen and oxygen atoms in total. The minimum Gasteiger partial charge on any atom is -0.385 e.